The van der Waals surface area contributed by atoms with E-state index < -0.39 is 30.2 Å². The fourth-order valence-corrected chi connectivity index (χ4v) is 8.28. The van der Waals surface area contributed by atoms with E-state index in [-0.39, 0.29) is 19.1 Å². The van der Waals surface area contributed by atoms with E-state index in [1.54, 1.807) is 26.2 Å². The third-order valence-corrected chi connectivity index (χ3v) is 10.2. The maximum Gasteiger partial charge on any atom is 0.409 e. The van der Waals surface area contributed by atoms with Crippen molar-refractivity contribution in [2.45, 2.75) is 44.0 Å². The van der Waals surface area contributed by atoms with Gasteiger partial charge in [-0.3, -0.25) is 4.79 Å². The molecule has 1 N–H and O–H groups in total. The zero-order valence-electron chi connectivity index (χ0n) is 27.6. The first-order valence-electron chi connectivity index (χ1n) is 16.4. The van der Waals surface area contributed by atoms with Gasteiger partial charge in [0.1, 0.15) is 18.9 Å². The molecule has 48 heavy (non-hydrogen) atoms. The second-order valence-corrected chi connectivity index (χ2v) is 12.8. The number of para-hydroxylation sites is 2. The van der Waals surface area contributed by atoms with Crippen LogP contribution >= 0.6 is 0 Å². The maximum atomic E-state index is 13.6. The molecular weight excluding hydrogens is 616 g/mol. The lowest BCUT2D eigenvalue weighted by Crippen LogP contribution is -2.61. The predicted molar refractivity (Wildman–Crippen MR) is 179 cm³/mol. The summed E-state index contributed by atoms with van der Waals surface area (Å²) in [5, 5.41) is 7.11. The van der Waals surface area contributed by atoms with Crippen LogP contribution in [0, 0.1) is 0 Å². The Morgan fingerprint density at radius 2 is 1.60 bits per heavy atom. The van der Waals surface area contributed by atoms with Crippen molar-refractivity contribution in [3.63, 3.8) is 0 Å². The Balaban J connectivity index is 1.22. The van der Waals surface area contributed by atoms with Crippen molar-refractivity contribution in [2.75, 3.05) is 60.9 Å². The number of nitrogens with one attached hydrogen (secondary N) is 1. The monoisotopic (exact) mass is 656 g/mol. The Bertz CT molecular complexity index is 2070. The van der Waals surface area contributed by atoms with Gasteiger partial charge in [-0.25, -0.2) is 4.79 Å². The van der Waals surface area contributed by atoms with Gasteiger partial charge in [0.15, 0.2) is 5.72 Å². The van der Waals surface area contributed by atoms with Crippen LogP contribution in [-0.2, 0) is 40.7 Å². The lowest BCUT2D eigenvalue weighted by molar-refractivity contribution is -0.265. The number of hydrogen-bond donors (Lipinski definition) is 1. The molecular formula is C36H40N4O8. The number of rotatable bonds is 11. The van der Waals surface area contributed by atoms with E-state index >= 15 is 0 Å². The molecule has 5 heterocycles. The highest BCUT2D eigenvalue weighted by Gasteiger charge is 2.55. The summed E-state index contributed by atoms with van der Waals surface area (Å²) >= 11 is 0. The number of methoxy groups -OCH3 is 2. The highest BCUT2D eigenvalue weighted by atomic mass is 16.6. The van der Waals surface area contributed by atoms with Crippen molar-refractivity contribution >= 4 is 55.6 Å². The summed E-state index contributed by atoms with van der Waals surface area (Å²) in [5.74, 6) is -0.0660. The third kappa shape index (κ3) is 4.47. The van der Waals surface area contributed by atoms with Crippen LogP contribution < -0.4 is 5.32 Å². The second-order valence-electron chi connectivity index (χ2n) is 12.8. The Labute approximate surface area is 277 Å². The first-order valence-corrected chi connectivity index (χ1v) is 16.4. The average Bonchev–Trinajstić information content (AvgIpc) is 3.74. The maximum absolute atomic E-state index is 13.6. The molecule has 12 nitrogen and oxygen atoms in total. The Morgan fingerprint density at radius 1 is 0.938 bits per heavy atom. The van der Waals surface area contributed by atoms with Crippen molar-refractivity contribution in [1.29, 1.82) is 0 Å². The zero-order valence-corrected chi connectivity index (χ0v) is 27.6. The van der Waals surface area contributed by atoms with Gasteiger partial charge in [-0.2, -0.15) is 0 Å². The van der Waals surface area contributed by atoms with Crippen LogP contribution in [0.3, 0.4) is 0 Å². The SMILES string of the molecule is COCCOCCOCCOC(=O)N(C)[C@@H]1C[C@H]2O[C@@](C)([C@@H]1OC)n1c3ccccc3c3c4c(c5c6ccccc6n2c5c31)C(=O)NC4. The summed E-state index contributed by atoms with van der Waals surface area (Å²) in [7, 11) is 5.05. The van der Waals surface area contributed by atoms with E-state index in [0.29, 0.717) is 39.4 Å². The average molecular weight is 657 g/mol. The summed E-state index contributed by atoms with van der Waals surface area (Å²) < 4.78 is 39.7. The van der Waals surface area contributed by atoms with Crippen LogP contribution in [-0.4, -0.2) is 99.1 Å². The molecule has 8 rings (SSSR count). The minimum Gasteiger partial charge on any atom is -0.447 e. The molecule has 12 heteroatoms. The van der Waals surface area contributed by atoms with Gasteiger partial charge >= 0.3 is 6.09 Å². The molecule has 4 atom stereocenters. The number of carbonyl (C=O) groups is 2. The standard InChI is InChI=1S/C36H40N4O8/c1-36-33(44-4)26(38(2)35(42)47-18-17-46-16-15-45-14-13-43-3)19-27(48-36)39-24-11-7-5-9-21(24)29-30-23(20-37-34(30)41)28-22-10-6-8-12-25(22)40(36)32(28)31(29)39/h5-12,26-27,33H,13-20H2,1-4H3,(H,37,41)/t26-,27-,33-,36+/m1/s1. The third-order valence-electron chi connectivity index (χ3n) is 10.2. The molecule has 1 fully saturated rings. The fourth-order valence-electron chi connectivity index (χ4n) is 8.28. The van der Waals surface area contributed by atoms with Crippen molar-refractivity contribution < 1.29 is 38.0 Å². The molecule has 0 aliphatic carbocycles. The highest BCUT2D eigenvalue weighted by Crippen LogP contribution is 2.54. The van der Waals surface area contributed by atoms with Crippen molar-refractivity contribution in [3.8, 4) is 0 Å². The van der Waals surface area contributed by atoms with Gasteiger partial charge in [0.05, 0.1) is 66.7 Å². The Hall–Kier alpha value is -4.20. The van der Waals surface area contributed by atoms with Gasteiger partial charge in [-0.1, -0.05) is 36.4 Å². The lowest BCUT2D eigenvalue weighted by atomic mass is 9.92. The first-order chi connectivity index (χ1) is 23.4. The summed E-state index contributed by atoms with van der Waals surface area (Å²) in [4.78, 5) is 28.8. The van der Waals surface area contributed by atoms with Crippen LogP contribution in [0.5, 0.6) is 0 Å². The molecule has 0 spiro atoms. The number of amides is 2. The van der Waals surface area contributed by atoms with E-state index in [0.717, 1.165) is 54.7 Å². The normalized spacial score (nSPS) is 22.9. The fraction of sp³-hybridized carbons (Fsp3) is 0.444. The molecule has 0 radical (unpaired) electrons. The number of hydrogen-bond acceptors (Lipinski definition) is 8. The van der Waals surface area contributed by atoms with E-state index in [2.05, 4.69) is 38.7 Å². The van der Waals surface area contributed by atoms with E-state index in [1.165, 1.54) is 0 Å². The molecule has 0 unspecified atom stereocenters. The van der Waals surface area contributed by atoms with Crippen LogP contribution in [0.25, 0.3) is 43.6 Å². The zero-order chi connectivity index (χ0) is 33.2. The number of carbonyl (C=O) groups excluding carboxylic acids is 2. The Kier molecular flexibility index (Phi) is 7.80. The van der Waals surface area contributed by atoms with Crippen molar-refractivity contribution in [1.82, 2.24) is 19.4 Å². The number of benzene rings is 3. The smallest absolute Gasteiger partial charge is 0.409 e. The van der Waals surface area contributed by atoms with E-state index in [1.807, 2.05) is 31.2 Å². The number of aromatic nitrogens is 2. The van der Waals surface area contributed by atoms with E-state index in [4.69, 9.17) is 28.4 Å². The number of likely N-dealkylation sites (N-methyl/N-ethyl adjacent to an activating group) is 1. The predicted octanol–water partition coefficient (Wildman–Crippen LogP) is 4.88. The molecule has 3 aliphatic rings. The number of fused-ring (bicyclic) bond motifs is 13. The summed E-state index contributed by atoms with van der Waals surface area (Å²) in [5.41, 5.74) is 4.57. The van der Waals surface area contributed by atoms with E-state index in [9.17, 15) is 9.59 Å². The second kappa shape index (κ2) is 12.0. The van der Waals surface area contributed by atoms with Crippen LogP contribution in [0.2, 0.25) is 0 Å². The topological polar surface area (TPSA) is 115 Å². The van der Waals surface area contributed by atoms with Crippen LogP contribution in [0.4, 0.5) is 4.79 Å². The number of ether oxygens (including phenoxy) is 6. The van der Waals surface area contributed by atoms with Crippen molar-refractivity contribution in [3.05, 3.63) is 59.7 Å². The number of nitrogens with zero attached hydrogens (tertiary/aromatic N) is 3. The lowest BCUT2D eigenvalue weighted by Gasteiger charge is -2.50. The molecule has 0 saturated carbocycles. The summed E-state index contributed by atoms with van der Waals surface area (Å²) in [6, 6.07) is 16.0. The van der Waals surface area contributed by atoms with Gasteiger partial charge < -0.3 is 47.8 Å². The molecule has 2 aromatic heterocycles. The molecule has 3 aromatic carbocycles. The molecule has 3 aliphatic heterocycles. The van der Waals surface area contributed by atoms with Gasteiger partial charge in [0, 0.05) is 55.8 Å². The minimum absolute atomic E-state index is 0.0660. The van der Waals surface area contributed by atoms with Gasteiger partial charge in [-0.05, 0) is 24.6 Å². The molecule has 2 bridgehead atoms. The minimum atomic E-state index is -1.04. The largest absolute Gasteiger partial charge is 0.447 e. The van der Waals surface area contributed by atoms with Gasteiger partial charge in [-0.15, -0.1) is 0 Å². The summed E-state index contributed by atoms with van der Waals surface area (Å²) in [6.45, 7) is 4.72. The quantitative estimate of drug-likeness (QED) is 0.200. The molecule has 5 aromatic rings. The van der Waals surface area contributed by atoms with Gasteiger partial charge in [0.25, 0.3) is 5.91 Å². The van der Waals surface area contributed by atoms with Crippen molar-refractivity contribution in [2.24, 2.45) is 0 Å². The van der Waals surface area contributed by atoms with Gasteiger partial charge in [0.2, 0.25) is 0 Å². The van der Waals surface area contributed by atoms with Crippen LogP contribution in [0.15, 0.2) is 48.5 Å². The highest BCUT2D eigenvalue weighted by molar-refractivity contribution is 6.31. The molecule has 1 saturated heterocycles. The first kappa shape index (κ1) is 31.1. The molecule has 252 valence electrons. The molecule has 2 amide bonds. The van der Waals surface area contributed by atoms with Crippen LogP contribution in [0.1, 0.15) is 35.5 Å². The summed E-state index contributed by atoms with van der Waals surface area (Å²) in [6.07, 6.45) is -1.07. The Morgan fingerprint density at radius 3 is 2.33 bits per heavy atom.